The average Bonchev–Trinajstić information content (AvgIpc) is 3.11. The second-order valence-corrected chi connectivity index (χ2v) is 18.6. The summed E-state index contributed by atoms with van der Waals surface area (Å²) in [4.78, 5) is 10.6. The summed E-state index contributed by atoms with van der Waals surface area (Å²) in [5.74, 6) is 0. The minimum absolute atomic E-state index is 0.0193. The van der Waals surface area contributed by atoms with Crippen molar-refractivity contribution in [2.45, 2.75) is 47.4 Å². The van der Waals surface area contributed by atoms with Gasteiger partial charge in [0.2, 0.25) is 0 Å². The van der Waals surface area contributed by atoms with Crippen LogP contribution in [0.1, 0.15) is 38.1 Å². The number of hydrogen-bond donors (Lipinski definition) is 0. The fourth-order valence-corrected chi connectivity index (χ4v) is 13.6. The topological polar surface area (TPSA) is 34.5 Å². The van der Waals surface area contributed by atoms with Crippen molar-refractivity contribution in [3.05, 3.63) is 64.9 Å². The molecule has 0 saturated carbocycles. The predicted octanol–water partition coefficient (Wildman–Crippen LogP) is 6.09. The van der Waals surface area contributed by atoms with E-state index in [4.69, 9.17) is 16.4 Å². The molecule has 0 N–H and O–H groups in total. The zero-order chi connectivity index (χ0) is 17.9. The number of halogens is 1. The van der Waals surface area contributed by atoms with Gasteiger partial charge in [0.05, 0.1) is 0 Å². The Morgan fingerprint density at radius 1 is 1.00 bits per heavy atom. The summed E-state index contributed by atoms with van der Waals surface area (Å²) >= 11 is 3.86. The van der Waals surface area contributed by atoms with Crippen molar-refractivity contribution in [3.8, 4) is 0 Å². The third kappa shape index (κ3) is 3.49. The molecule has 0 spiro atoms. The van der Waals surface area contributed by atoms with E-state index in [-0.39, 0.29) is 6.10 Å². The molecule has 3 nitrogen and oxygen atoms in total. The van der Waals surface area contributed by atoms with Gasteiger partial charge in [-0.3, -0.25) is 0 Å². The van der Waals surface area contributed by atoms with E-state index in [1.807, 2.05) is 36.5 Å². The zero-order valence-corrected chi connectivity index (χ0v) is 17.9. The van der Waals surface area contributed by atoms with Gasteiger partial charge in [-0.25, -0.2) is 0 Å². The first-order valence-corrected chi connectivity index (χ1v) is 15.1. The first kappa shape index (κ1) is 18.5. The van der Waals surface area contributed by atoms with Crippen LogP contribution in [-0.2, 0) is 4.84 Å². The van der Waals surface area contributed by atoms with Crippen LogP contribution >= 0.6 is 11.6 Å². The van der Waals surface area contributed by atoms with Crippen LogP contribution in [0.15, 0.2) is 53.8 Å². The summed E-state index contributed by atoms with van der Waals surface area (Å²) < 4.78 is 0.357. The van der Waals surface area contributed by atoms with Gasteiger partial charge in [-0.05, 0) is 0 Å². The average molecular weight is 417 g/mol. The third-order valence-corrected chi connectivity index (χ3v) is 18.9. The molecule has 1 aliphatic rings. The van der Waals surface area contributed by atoms with E-state index < -0.39 is 13.3 Å². The molecule has 0 fully saturated rings. The number of pyridine rings is 1. The van der Waals surface area contributed by atoms with Crippen molar-refractivity contribution in [2.75, 3.05) is 0 Å². The van der Waals surface area contributed by atoms with Crippen molar-refractivity contribution >= 4 is 30.6 Å². The molecule has 0 radical (unpaired) electrons. The second kappa shape index (κ2) is 7.92. The van der Waals surface area contributed by atoms with Crippen LogP contribution in [0.25, 0.3) is 0 Å². The molecule has 25 heavy (non-hydrogen) atoms. The fourth-order valence-electron chi connectivity index (χ4n) is 4.02. The molecule has 0 saturated heterocycles. The summed E-state index contributed by atoms with van der Waals surface area (Å²) in [6.45, 7) is 7.04. The Kier molecular flexibility index (Phi) is 5.85. The number of hydrogen-bond acceptors (Lipinski definition) is 3. The molecule has 1 aromatic heterocycles. The van der Waals surface area contributed by atoms with Gasteiger partial charge in [-0.2, -0.15) is 0 Å². The summed E-state index contributed by atoms with van der Waals surface area (Å²) in [5, 5.41) is 9.08. The van der Waals surface area contributed by atoms with Crippen molar-refractivity contribution in [1.82, 2.24) is 4.98 Å². The normalized spacial score (nSPS) is 20.2. The van der Waals surface area contributed by atoms with E-state index in [1.165, 1.54) is 15.8 Å². The summed E-state index contributed by atoms with van der Waals surface area (Å²) in [7, 11) is 0. The first-order chi connectivity index (χ1) is 12.1. The van der Waals surface area contributed by atoms with E-state index in [0.717, 1.165) is 22.0 Å². The molecule has 3 rings (SSSR count). The Bertz CT molecular complexity index is 721. The van der Waals surface area contributed by atoms with Crippen LogP contribution < -0.4 is 0 Å². The van der Waals surface area contributed by atoms with Crippen LogP contribution in [-0.4, -0.2) is 24.0 Å². The van der Waals surface area contributed by atoms with Crippen LogP contribution in [0.3, 0.4) is 0 Å². The molecule has 0 bridgehead atoms. The summed E-state index contributed by atoms with van der Waals surface area (Å²) in [5.41, 5.74) is 3.16. The molecule has 132 valence electrons. The van der Waals surface area contributed by atoms with Crippen LogP contribution in [0.4, 0.5) is 0 Å². The molecule has 2 atom stereocenters. The molecule has 0 aliphatic carbocycles. The van der Waals surface area contributed by atoms with Crippen molar-refractivity contribution in [3.63, 3.8) is 0 Å². The summed E-state index contributed by atoms with van der Waals surface area (Å²) in [6.07, 6.45) is 1.82. The van der Waals surface area contributed by atoms with Gasteiger partial charge >= 0.3 is 158 Å². The van der Waals surface area contributed by atoms with Gasteiger partial charge in [-0.15, -0.1) is 0 Å². The Balaban J connectivity index is 2.07. The number of aromatic nitrogens is 1. The second-order valence-electron chi connectivity index (χ2n) is 6.67. The fraction of sp³-hybridized carbons (Fsp3) is 0.400. The van der Waals surface area contributed by atoms with Gasteiger partial charge in [-0.1, -0.05) is 0 Å². The van der Waals surface area contributed by atoms with E-state index in [0.29, 0.717) is 4.75 Å². The van der Waals surface area contributed by atoms with E-state index in [1.54, 1.807) is 0 Å². The Hall–Kier alpha value is -1.33. The van der Waals surface area contributed by atoms with E-state index in [2.05, 4.69) is 43.0 Å². The van der Waals surface area contributed by atoms with Crippen LogP contribution in [0.5, 0.6) is 0 Å². The number of oxime groups is 1. The minimum atomic E-state index is -2.23. The molecular formula is C20H25ClGeN2O. The Morgan fingerprint density at radius 3 is 2.24 bits per heavy atom. The van der Waals surface area contributed by atoms with Crippen molar-refractivity contribution in [2.24, 2.45) is 5.16 Å². The molecule has 2 heterocycles. The van der Waals surface area contributed by atoms with Gasteiger partial charge in [0.25, 0.3) is 0 Å². The van der Waals surface area contributed by atoms with Gasteiger partial charge in [0, 0.05) is 0 Å². The van der Waals surface area contributed by atoms with Crippen LogP contribution in [0, 0.1) is 0 Å². The number of benzene rings is 1. The predicted molar refractivity (Wildman–Crippen MR) is 107 cm³/mol. The van der Waals surface area contributed by atoms with Crippen molar-refractivity contribution in [1.29, 1.82) is 0 Å². The number of nitrogens with zero attached hydrogens (tertiary/aromatic N) is 2. The first-order valence-electron chi connectivity index (χ1n) is 9.05. The van der Waals surface area contributed by atoms with Gasteiger partial charge in [0.15, 0.2) is 0 Å². The number of rotatable bonds is 6. The van der Waals surface area contributed by atoms with Crippen molar-refractivity contribution < 1.29 is 4.84 Å². The standard InChI is InChI=1S/C20H25ClGeN2O/c1-4-22(5-2,6-3)18-19(17-9-7-8-14-23-17)24-25-20(18)15-10-12-16(21)13-11-15/h7-14,18,20H,4-6H2,1-3H3. The molecule has 5 heteroatoms. The quantitative estimate of drug-likeness (QED) is 0.533. The van der Waals surface area contributed by atoms with E-state index in [9.17, 15) is 0 Å². The molecule has 2 unspecified atom stereocenters. The maximum atomic E-state index is 6.08. The van der Waals surface area contributed by atoms with Gasteiger partial charge in [0.1, 0.15) is 0 Å². The molecule has 1 aromatic carbocycles. The molecule has 2 aromatic rings. The van der Waals surface area contributed by atoms with Crippen LogP contribution in [0.2, 0.25) is 25.5 Å². The SMILES string of the molecule is C[CH2][Ge]([CH2]C)([CH2]C)[CH]1C(c2ccccn2)=NOC1c1ccc(Cl)cc1. The Labute approximate surface area is 157 Å². The molecule has 1 aliphatic heterocycles. The maximum absolute atomic E-state index is 6.08. The monoisotopic (exact) mass is 418 g/mol. The van der Waals surface area contributed by atoms with Gasteiger partial charge < -0.3 is 0 Å². The summed E-state index contributed by atoms with van der Waals surface area (Å²) in [6, 6.07) is 14.0. The van der Waals surface area contributed by atoms with E-state index >= 15 is 0 Å². The third-order valence-electron chi connectivity index (χ3n) is 5.76. The Morgan fingerprint density at radius 2 is 1.68 bits per heavy atom. The zero-order valence-electron chi connectivity index (χ0n) is 15.1. The molecular weight excluding hydrogens is 392 g/mol. The molecule has 0 amide bonds.